The van der Waals surface area contributed by atoms with Crippen molar-refractivity contribution in [1.82, 2.24) is 9.80 Å². The van der Waals surface area contributed by atoms with Crippen LogP contribution in [0.3, 0.4) is 0 Å². The molecule has 2 fully saturated rings. The fourth-order valence-corrected chi connectivity index (χ4v) is 3.65. The first-order chi connectivity index (χ1) is 9.13. The first-order valence-corrected chi connectivity index (χ1v) is 7.87. The zero-order valence-corrected chi connectivity index (χ0v) is 13.7. The van der Waals surface area contributed by atoms with Crippen molar-refractivity contribution in [2.75, 3.05) is 26.2 Å². The fraction of sp³-hybridized carbons (Fsp3) is 0.933. The van der Waals surface area contributed by atoms with E-state index in [0.717, 1.165) is 25.9 Å². The van der Waals surface area contributed by atoms with Crippen LogP contribution < -0.4 is 5.73 Å². The summed E-state index contributed by atoms with van der Waals surface area (Å²) < 4.78 is 0. The third-order valence-electron chi connectivity index (χ3n) is 4.93. The lowest BCUT2D eigenvalue weighted by Crippen LogP contribution is -2.54. The Hall–Kier alpha value is -0.320. The van der Waals surface area contributed by atoms with Gasteiger partial charge in [0.2, 0.25) is 5.91 Å². The maximum atomic E-state index is 12.5. The average molecular weight is 304 g/mol. The molecule has 2 saturated heterocycles. The molecular formula is C15H30ClN3O. The van der Waals surface area contributed by atoms with Crippen LogP contribution in [0.25, 0.3) is 0 Å². The zero-order valence-electron chi connectivity index (χ0n) is 12.9. The Balaban J connectivity index is 0.00000200. The van der Waals surface area contributed by atoms with E-state index in [1.165, 1.54) is 19.3 Å². The molecule has 0 radical (unpaired) electrons. The molecule has 0 saturated carbocycles. The Morgan fingerprint density at radius 1 is 1.15 bits per heavy atom. The van der Waals surface area contributed by atoms with Crippen LogP contribution in [0.5, 0.6) is 0 Å². The van der Waals surface area contributed by atoms with Crippen LogP contribution in [0, 0.1) is 5.92 Å². The Morgan fingerprint density at radius 2 is 1.90 bits per heavy atom. The van der Waals surface area contributed by atoms with E-state index in [9.17, 15) is 4.79 Å². The number of amides is 1. The van der Waals surface area contributed by atoms with E-state index in [4.69, 9.17) is 5.73 Å². The van der Waals surface area contributed by atoms with Gasteiger partial charge in [0, 0.05) is 25.2 Å². The second-order valence-corrected chi connectivity index (χ2v) is 6.32. The Kier molecular flexibility index (Phi) is 7.27. The lowest BCUT2D eigenvalue weighted by atomic mass is 9.90. The summed E-state index contributed by atoms with van der Waals surface area (Å²) in [5.74, 6) is 0.921. The van der Waals surface area contributed by atoms with Crippen molar-refractivity contribution in [2.24, 2.45) is 11.7 Å². The van der Waals surface area contributed by atoms with Gasteiger partial charge < -0.3 is 10.6 Å². The van der Waals surface area contributed by atoms with E-state index in [2.05, 4.69) is 23.6 Å². The van der Waals surface area contributed by atoms with Crippen LogP contribution in [0.15, 0.2) is 0 Å². The van der Waals surface area contributed by atoms with E-state index in [1.54, 1.807) is 0 Å². The van der Waals surface area contributed by atoms with Gasteiger partial charge in [-0.15, -0.1) is 12.4 Å². The number of piperidine rings is 2. The Morgan fingerprint density at radius 3 is 2.55 bits per heavy atom. The van der Waals surface area contributed by atoms with Crippen molar-refractivity contribution in [2.45, 2.75) is 58.0 Å². The van der Waals surface area contributed by atoms with Gasteiger partial charge in [0.1, 0.15) is 0 Å². The zero-order chi connectivity index (χ0) is 13.8. The minimum atomic E-state index is 0. The van der Waals surface area contributed by atoms with E-state index in [1.807, 2.05) is 0 Å². The summed E-state index contributed by atoms with van der Waals surface area (Å²) in [5, 5.41) is 0. The molecular weight excluding hydrogens is 274 g/mol. The fourth-order valence-electron chi connectivity index (χ4n) is 3.65. The topological polar surface area (TPSA) is 49.6 Å². The number of carbonyl (C=O) groups is 1. The van der Waals surface area contributed by atoms with Gasteiger partial charge in [0.25, 0.3) is 0 Å². The Labute approximate surface area is 129 Å². The molecule has 5 heteroatoms. The monoisotopic (exact) mass is 303 g/mol. The largest absolute Gasteiger partial charge is 0.339 e. The van der Waals surface area contributed by atoms with E-state index in [0.29, 0.717) is 37.0 Å². The third kappa shape index (κ3) is 4.09. The number of nitrogens with zero attached hydrogens (tertiary/aromatic N) is 2. The van der Waals surface area contributed by atoms with Crippen molar-refractivity contribution in [1.29, 1.82) is 0 Å². The molecule has 2 rings (SSSR count). The highest BCUT2D eigenvalue weighted by Crippen LogP contribution is 2.23. The van der Waals surface area contributed by atoms with Gasteiger partial charge in [0.15, 0.2) is 0 Å². The van der Waals surface area contributed by atoms with Crippen LogP contribution in [0.1, 0.15) is 46.0 Å². The summed E-state index contributed by atoms with van der Waals surface area (Å²) in [4.78, 5) is 16.9. The minimum Gasteiger partial charge on any atom is -0.339 e. The molecule has 3 unspecified atom stereocenters. The predicted molar refractivity (Wildman–Crippen MR) is 85.1 cm³/mol. The van der Waals surface area contributed by atoms with Crippen LogP contribution >= 0.6 is 12.4 Å². The molecule has 2 heterocycles. The maximum Gasteiger partial charge on any atom is 0.236 e. The molecule has 118 valence electrons. The summed E-state index contributed by atoms with van der Waals surface area (Å²) in [6.07, 6.45) is 6.01. The molecule has 0 bridgehead atoms. The molecule has 0 aromatic carbocycles. The molecule has 2 N–H and O–H groups in total. The van der Waals surface area contributed by atoms with Crippen LogP contribution in [0.2, 0.25) is 0 Å². The van der Waals surface area contributed by atoms with Crippen LogP contribution in [0.4, 0.5) is 0 Å². The normalized spacial score (nSPS) is 31.8. The number of hydrogen-bond donors (Lipinski definition) is 1. The second-order valence-electron chi connectivity index (χ2n) is 6.32. The van der Waals surface area contributed by atoms with Crippen molar-refractivity contribution in [3.63, 3.8) is 0 Å². The molecule has 4 nitrogen and oxygen atoms in total. The third-order valence-corrected chi connectivity index (χ3v) is 4.93. The average Bonchev–Trinajstić information content (AvgIpc) is 2.39. The minimum absolute atomic E-state index is 0. The van der Waals surface area contributed by atoms with Gasteiger partial charge in [-0.25, -0.2) is 0 Å². The summed E-state index contributed by atoms with van der Waals surface area (Å²) in [5.41, 5.74) is 5.90. The van der Waals surface area contributed by atoms with E-state index < -0.39 is 0 Å². The maximum absolute atomic E-state index is 12.5. The van der Waals surface area contributed by atoms with Crippen molar-refractivity contribution in [3.8, 4) is 0 Å². The van der Waals surface area contributed by atoms with Gasteiger partial charge in [0.05, 0.1) is 6.54 Å². The SMILES string of the molecule is CC1CCCN(CC(=O)N2CCCCC2C)C1CN.Cl. The molecule has 3 atom stereocenters. The number of nitrogens with two attached hydrogens (primary N) is 1. The molecule has 2 aliphatic heterocycles. The standard InChI is InChI=1S/C15H29N3O.ClH/c1-12-6-5-8-17(14(12)10-16)11-15(19)18-9-4-3-7-13(18)2;/h12-14H,3-11,16H2,1-2H3;1H. The summed E-state index contributed by atoms with van der Waals surface area (Å²) >= 11 is 0. The first kappa shape index (κ1) is 17.7. The quantitative estimate of drug-likeness (QED) is 0.866. The van der Waals surface area contributed by atoms with E-state index in [-0.39, 0.29) is 12.4 Å². The van der Waals surface area contributed by atoms with Crippen molar-refractivity contribution in [3.05, 3.63) is 0 Å². The number of carbonyl (C=O) groups excluding carboxylic acids is 1. The molecule has 2 aliphatic rings. The molecule has 0 spiro atoms. The number of hydrogen-bond acceptors (Lipinski definition) is 3. The van der Waals surface area contributed by atoms with Crippen LogP contribution in [-0.4, -0.2) is 54.0 Å². The predicted octanol–water partition coefficient (Wildman–Crippen LogP) is 1.87. The number of likely N-dealkylation sites (tertiary alicyclic amines) is 2. The summed E-state index contributed by atoms with van der Waals surface area (Å²) in [6, 6.07) is 0.803. The van der Waals surface area contributed by atoms with Gasteiger partial charge in [-0.2, -0.15) is 0 Å². The van der Waals surface area contributed by atoms with Crippen molar-refractivity contribution < 1.29 is 4.79 Å². The van der Waals surface area contributed by atoms with Gasteiger partial charge in [-0.1, -0.05) is 6.92 Å². The highest BCUT2D eigenvalue weighted by atomic mass is 35.5. The van der Waals surface area contributed by atoms with Gasteiger partial charge in [-0.05, 0) is 51.5 Å². The number of rotatable bonds is 3. The molecule has 0 aromatic rings. The Bertz CT molecular complexity index is 313. The first-order valence-electron chi connectivity index (χ1n) is 7.87. The lowest BCUT2D eigenvalue weighted by molar-refractivity contribution is -0.136. The molecule has 0 aliphatic carbocycles. The molecule has 1 amide bonds. The molecule has 0 aromatic heterocycles. The number of halogens is 1. The lowest BCUT2D eigenvalue weighted by Gasteiger charge is -2.41. The van der Waals surface area contributed by atoms with Crippen molar-refractivity contribution >= 4 is 18.3 Å². The second kappa shape index (κ2) is 8.20. The molecule has 20 heavy (non-hydrogen) atoms. The van der Waals surface area contributed by atoms with Gasteiger partial charge in [-0.3, -0.25) is 9.69 Å². The van der Waals surface area contributed by atoms with E-state index >= 15 is 0 Å². The smallest absolute Gasteiger partial charge is 0.236 e. The summed E-state index contributed by atoms with van der Waals surface area (Å²) in [7, 11) is 0. The highest BCUT2D eigenvalue weighted by molar-refractivity contribution is 5.85. The van der Waals surface area contributed by atoms with Gasteiger partial charge >= 0.3 is 0 Å². The highest BCUT2D eigenvalue weighted by Gasteiger charge is 2.31. The summed E-state index contributed by atoms with van der Waals surface area (Å²) in [6.45, 7) is 7.64. The van der Waals surface area contributed by atoms with Crippen LogP contribution in [-0.2, 0) is 4.79 Å².